The zero-order valence-electron chi connectivity index (χ0n) is 16.7. The van der Waals surface area contributed by atoms with Gasteiger partial charge in [-0.25, -0.2) is 13.8 Å². The van der Waals surface area contributed by atoms with E-state index < -0.39 is 17.6 Å². The van der Waals surface area contributed by atoms with Crippen LogP contribution >= 0.6 is 23.6 Å². The maximum Gasteiger partial charge on any atom is 0.303 e. The predicted octanol–water partition coefficient (Wildman–Crippen LogP) is 2.55. The first-order valence-corrected chi connectivity index (χ1v) is 11.1. The van der Waals surface area contributed by atoms with E-state index in [9.17, 15) is 18.7 Å². The number of carboxylic acid groups (broad SMARTS) is 1. The fraction of sp³-hybridized carbons (Fsp3) is 0.227. The number of aliphatic carboxylic acids is 1. The second-order valence-corrected chi connectivity index (χ2v) is 8.90. The summed E-state index contributed by atoms with van der Waals surface area (Å²) in [6, 6.07) is 5.52. The molecule has 3 aromatic rings. The largest absolute Gasteiger partial charge is 0.493 e. The number of carboxylic acids is 1. The van der Waals surface area contributed by atoms with Crippen molar-refractivity contribution in [3.63, 3.8) is 0 Å². The number of thiazole rings is 1. The van der Waals surface area contributed by atoms with Crippen molar-refractivity contribution in [2.45, 2.75) is 32.2 Å². The summed E-state index contributed by atoms with van der Waals surface area (Å²) in [5.74, 6) is -2.69. The van der Waals surface area contributed by atoms with Crippen molar-refractivity contribution in [3.05, 3.63) is 66.1 Å². The first-order valence-electron chi connectivity index (χ1n) is 9.83. The molecule has 2 aromatic heterocycles. The highest BCUT2D eigenvalue weighted by Crippen LogP contribution is 2.27. The van der Waals surface area contributed by atoms with Gasteiger partial charge >= 0.3 is 5.97 Å². The number of rotatable bonds is 7. The van der Waals surface area contributed by atoms with E-state index in [0.29, 0.717) is 55.3 Å². The lowest BCUT2D eigenvalue weighted by Crippen LogP contribution is -2.22. The van der Waals surface area contributed by atoms with E-state index in [1.807, 2.05) is 0 Å². The summed E-state index contributed by atoms with van der Waals surface area (Å²) in [5.41, 5.74) is 1.33. The fourth-order valence-electron chi connectivity index (χ4n) is 3.33. The molecule has 0 atom stereocenters. The maximum atomic E-state index is 13.4. The molecule has 0 unspecified atom stereocenters. The second-order valence-electron chi connectivity index (χ2n) is 7.22. The van der Waals surface area contributed by atoms with Gasteiger partial charge in [0.25, 0.3) is 0 Å². The minimum atomic E-state index is -0.960. The van der Waals surface area contributed by atoms with Gasteiger partial charge in [-0.2, -0.15) is 0 Å². The first kappa shape index (κ1) is 22.1. The number of benzene rings is 1. The molecular formula is C22H18F2N2O4S2. The number of halogens is 2. The molecule has 0 radical (unpaired) electrons. The van der Waals surface area contributed by atoms with E-state index >= 15 is 0 Å². The van der Waals surface area contributed by atoms with Crippen molar-refractivity contribution in [3.8, 4) is 5.88 Å². The molecule has 0 aliphatic carbocycles. The molecule has 1 aliphatic rings. The number of fused-ring (bicyclic) bond motifs is 1. The summed E-state index contributed by atoms with van der Waals surface area (Å²) < 4.78 is 34.8. The molecule has 166 valence electrons. The molecule has 0 saturated carbocycles. The van der Waals surface area contributed by atoms with Gasteiger partial charge in [-0.3, -0.25) is 9.36 Å². The minimum absolute atomic E-state index is 0.0271. The molecule has 0 spiro atoms. The topological polar surface area (TPSA) is 88.0 Å². The van der Waals surface area contributed by atoms with Crippen molar-refractivity contribution in [1.82, 2.24) is 4.57 Å². The van der Waals surface area contributed by atoms with Crippen LogP contribution in [0.5, 0.6) is 5.88 Å². The van der Waals surface area contributed by atoms with E-state index in [1.54, 1.807) is 28.9 Å². The lowest BCUT2D eigenvalue weighted by molar-refractivity contribution is -0.137. The molecule has 10 heteroatoms. The summed E-state index contributed by atoms with van der Waals surface area (Å²) in [7, 11) is 0. The van der Waals surface area contributed by atoms with E-state index in [-0.39, 0.29) is 12.3 Å². The standard InChI is InChI=1S/C22H18F2N2O4S2/c23-14-8-12-9-17(25-16(12)11-15(14)24)18-6-5-13(30-18)10-19-21(29)26(22(31)32-19)7-3-1-2-4-20(27)28/h5-6,8-11,29H,1-4,7H2,(H,27,28)/b13-10-,18-17+. The Labute approximate surface area is 189 Å². The van der Waals surface area contributed by atoms with Crippen LogP contribution in [0.25, 0.3) is 17.8 Å². The van der Waals surface area contributed by atoms with Gasteiger partial charge < -0.3 is 14.6 Å². The van der Waals surface area contributed by atoms with Gasteiger partial charge in [0.1, 0.15) is 11.1 Å². The molecule has 0 saturated heterocycles. The number of nitrogens with zero attached hydrogens (tertiary/aromatic N) is 2. The lowest BCUT2D eigenvalue weighted by atomic mass is 10.2. The number of unbranched alkanes of at least 4 members (excludes halogenated alkanes) is 2. The highest BCUT2D eigenvalue weighted by Gasteiger charge is 2.11. The smallest absolute Gasteiger partial charge is 0.303 e. The molecule has 2 N–H and O–H groups in total. The van der Waals surface area contributed by atoms with Crippen LogP contribution in [0.1, 0.15) is 30.6 Å². The molecule has 4 rings (SSSR count). The van der Waals surface area contributed by atoms with E-state index in [1.165, 1.54) is 11.3 Å². The number of furan rings is 1. The van der Waals surface area contributed by atoms with E-state index in [4.69, 9.17) is 21.7 Å². The Morgan fingerprint density at radius 2 is 2.00 bits per heavy atom. The van der Waals surface area contributed by atoms with Crippen LogP contribution < -0.4 is 21.4 Å². The highest BCUT2D eigenvalue weighted by molar-refractivity contribution is 7.73. The van der Waals surface area contributed by atoms with Crippen molar-refractivity contribution >= 4 is 47.4 Å². The Morgan fingerprint density at radius 3 is 2.78 bits per heavy atom. The molecular weight excluding hydrogens is 458 g/mol. The molecule has 1 aromatic carbocycles. The summed E-state index contributed by atoms with van der Waals surface area (Å²) in [6.45, 7) is 0.495. The average Bonchev–Trinajstić information content (AvgIpc) is 3.42. The van der Waals surface area contributed by atoms with E-state index in [2.05, 4.69) is 4.99 Å². The number of aromatic nitrogens is 1. The Bertz CT molecular complexity index is 1460. The fourth-order valence-corrected chi connectivity index (χ4v) is 4.63. The second kappa shape index (κ2) is 9.17. The van der Waals surface area contributed by atoms with Gasteiger partial charge in [0.15, 0.2) is 21.0 Å². The van der Waals surface area contributed by atoms with Crippen LogP contribution in [0, 0.1) is 15.6 Å². The van der Waals surface area contributed by atoms with Gasteiger partial charge in [0.05, 0.1) is 10.2 Å². The summed E-state index contributed by atoms with van der Waals surface area (Å²) in [6.07, 6.45) is 5.39. The van der Waals surface area contributed by atoms with Crippen LogP contribution in [0.15, 0.2) is 33.7 Å². The van der Waals surface area contributed by atoms with Crippen molar-refractivity contribution in [1.29, 1.82) is 0 Å². The minimum Gasteiger partial charge on any atom is -0.493 e. The Balaban J connectivity index is 1.58. The SMILES string of the molecule is O=C(O)CCCCCn1c(O)c(/C=c2/cc/c(=C3/C=c4cc(F)c(F)cc4=N3)o2)sc1=S. The Kier molecular flexibility index (Phi) is 6.33. The predicted molar refractivity (Wildman–Crippen MR) is 117 cm³/mol. The van der Waals surface area contributed by atoms with Crippen LogP contribution in [0.2, 0.25) is 0 Å². The highest BCUT2D eigenvalue weighted by atomic mass is 32.1. The summed E-state index contributed by atoms with van der Waals surface area (Å²) in [4.78, 5) is 15.4. The molecule has 32 heavy (non-hydrogen) atoms. The quantitative estimate of drug-likeness (QED) is 0.404. The normalized spacial score (nSPS) is 14.9. The molecule has 0 fully saturated rings. The van der Waals surface area contributed by atoms with Crippen LogP contribution in [-0.2, 0) is 11.3 Å². The Morgan fingerprint density at radius 1 is 1.22 bits per heavy atom. The number of carbonyl (C=O) groups is 1. The van der Waals surface area contributed by atoms with Crippen molar-refractivity contribution < 1.29 is 28.2 Å². The average molecular weight is 477 g/mol. The van der Waals surface area contributed by atoms with Crippen LogP contribution in [0.4, 0.5) is 8.78 Å². The zero-order valence-corrected chi connectivity index (χ0v) is 18.3. The number of aromatic hydroxyl groups is 1. The van der Waals surface area contributed by atoms with Crippen LogP contribution in [-0.4, -0.2) is 20.7 Å². The molecule has 3 heterocycles. The third-order valence-electron chi connectivity index (χ3n) is 4.92. The molecule has 0 bridgehead atoms. The van der Waals surface area contributed by atoms with Crippen molar-refractivity contribution in [2.24, 2.45) is 4.99 Å². The third kappa shape index (κ3) is 4.71. The molecule has 1 aliphatic heterocycles. The van der Waals surface area contributed by atoms with Gasteiger partial charge in [0.2, 0.25) is 5.88 Å². The monoisotopic (exact) mass is 476 g/mol. The van der Waals surface area contributed by atoms with Crippen molar-refractivity contribution in [2.75, 3.05) is 0 Å². The van der Waals surface area contributed by atoms with Gasteiger partial charge in [0, 0.05) is 30.3 Å². The molecule has 6 nitrogen and oxygen atoms in total. The van der Waals surface area contributed by atoms with Gasteiger partial charge in [-0.1, -0.05) is 6.42 Å². The number of hydrogen-bond acceptors (Lipinski definition) is 6. The Hall–Kier alpha value is -3.11. The number of hydrogen-bond donors (Lipinski definition) is 2. The van der Waals surface area contributed by atoms with Gasteiger partial charge in [-0.15, -0.1) is 11.3 Å². The third-order valence-corrected chi connectivity index (χ3v) is 6.31. The first-order chi connectivity index (χ1) is 15.3. The zero-order chi connectivity index (χ0) is 22.8. The van der Waals surface area contributed by atoms with Crippen LogP contribution in [0.3, 0.4) is 0 Å². The summed E-state index contributed by atoms with van der Waals surface area (Å²) >= 11 is 6.58. The lowest BCUT2D eigenvalue weighted by Gasteiger charge is -2.04. The summed E-state index contributed by atoms with van der Waals surface area (Å²) in [5, 5.41) is 20.0. The van der Waals surface area contributed by atoms with Gasteiger partial charge in [-0.05, 0) is 49.3 Å². The van der Waals surface area contributed by atoms with E-state index in [0.717, 1.165) is 18.6 Å². The maximum absolute atomic E-state index is 13.4. The molecule has 0 amide bonds.